The van der Waals surface area contributed by atoms with Crippen molar-refractivity contribution in [1.82, 2.24) is 9.88 Å². The summed E-state index contributed by atoms with van der Waals surface area (Å²) in [4.78, 5) is 6.84. The van der Waals surface area contributed by atoms with Gasteiger partial charge in [-0.3, -0.25) is 9.88 Å². The van der Waals surface area contributed by atoms with Crippen LogP contribution in [0.2, 0.25) is 0 Å². The summed E-state index contributed by atoms with van der Waals surface area (Å²) in [5, 5.41) is 11.1. The minimum Gasteiger partial charge on any atom is -0.505 e. The number of rotatable bonds is 3. The Kier molecular flexibility index (Phi) is 4.87. The first kappa shape index (κ1) is 17.0. The van der Waals surface area contributed by atoms with E-state index in [9.17, 15) is 5.11 Å². The van der Waals surface area contributed by atoms with Crippen molar-refractivity contribution in [3.8, 4) is 0 Å². The highest BCUT2D eigenvalue weighted by molar-refractivity contribution is 5.67. The van der Waals surface area contributed by atoms with Crippen LogP contribution in [0.3, 0.4) is 0 Å². The Balaban J connectivity index is 1.83. The van der Waals surface area contributed by atoms with Crippen molar-refractivity contribution in [3.63, 3.8) is 0 Å². The summed E-state index contributed by atoms with van der Waals surface area (Å²) in [5.41, 5.74) is 5.08. The van der Waals surface area contributed by atoms with Crippen LogP contribution in [0.25, 0.3) is 5.76 Å². The van der Waals surface area contributed by atoms with E-state index in [0.717, 1.165) is 43.9 Å². The molecule has 0 radical (unpaired) electrons. The van der Waals surface area contributed by atoms with Gasteiger partial charge in [0.15, 0.2) is 0 Å². The number of aryl methyl sites for hydroxylation is 1. The molecule has 0 amide bonds. The molecule has 134 valence electrons. The number of pyridine rings is 1. The van der Waals surface area contributed by atoms with Crippen molar-refractivity contribution < 1.29 is 9.84 Å². The maximum Gasteiger partial charge on any atom is 0.146 e. The van der Waals surface area contributed by atoms with Crippen molar-refractivity contribution >= 4 is 5.76 Å². The fourth-order valence-electron chi connectivity index (χ4n) is 3.74. The van der Waals surface area contributed by atoms with Crippen LogP contribution in [0.1, 0.15) is 28.4 Å². The molecule has 1 aromatic carbocycles. The monoisotopic (exact) mass is 348 g/mol. The predicted octanol–water partition coefficient (Wildman–Crippen LogP) is 3.84. The van der Waals surface area contributed by atoms with Crippen LogP contribution in [0.15, 0.2) is 60.3 Å². The lowest BCUT2D eigenvalue weighted by molar-refractivity contribution is 0.0236. The first-order valence-corrected chi connectivity index (χ1v) is 9.16. The first-order chi connectivity index (χ1) is 12.7. The van der Waals surface area contributed by atoms with Gasteiger partial charge in [0.1, 0.15) is 11.5 Å². The van der Waals surface area contributed by atoms with Gasteiger partial charge in [-0.15, -0.1) is 0 Å². The van der Waals surface area contributed by atoms with Crippen molar-refractivity contribution in [2.75, 3.05) is 26.3 Å². The zero-order valence-electron chi connectivity index (χ0n) is 15.1. The number of ether oxygens (including phenoxy) is 1. The molecule has 0 bridgehead atoms. The van der Waals surface area contributed by atoms with Gasteiger partial charge in [0.05, 0.1) is 19.3 Å². The number of nitrogens with zero attached hydrogens (tertiary/aromatic N) is 2. The van der Waals surface area contributed by atoms with Crippen molar-refractivity contribution in [2.45, 2.75) is 19.4 Å². The van der Waals surface area contributed by atoms with Crippen LogP contribution >= 0.6 is 0 Å². The van der Waals surface area contributed by atoms with Gasteiger partial charge in [-0.2, -0.15) is 0 Å². The number of aliphatic hydroxyl groups is 1. The number of morpholine rings is 1. The van der Waals surface area contributed by atoms with Gasteiger partial charge < -0.3 is 9.84 Å². The minimum absolute atomic E-state index is 0.0105. The summed E-state index contributed by atoms with van der Waals surface area (Å²) in [6.07, 6.45) is 6.71. The third kappa shape index (κ3) is 3.30. The fraction of sp³-hybridized carbons (Fsp3) is 0.318. The molecule has 1 aromatic heterocycles. The largest absolute Gasteiger partial charge is 0.505 e. The van der Waals surface area contributed by atoms with Crippen molar-refractivity contribution in [3.05, 3.63) is 82.7 Å². The van der Waals surface area contributed by atoms with Gasteiger partial charge in [-0.1, -0.05) is 48.0 Å². The van der Waals surface area contributed by atoms with E-state index in [4.69, 9.17) is 4.74 Å². The molecule has 0 saturated carbocycles. The maximum atomic E-state index is 11.1. The van der Waals surface area contributed by atoms with Crippen molar-refractivity contribution in [2.24, 2.45) is 0 Å². The molecule has 1 aliphatic carbocycles. The van der Waals surface area contributed by atoms with E-state index in [2.05, 4.69) is 53.2 Å². The number of aromatic nitrogens is 1. The number of hydrogen-bond donors (Lipinski definition) is 1. The predicted molar refractivity (Wildman–Crippen MR) is 103 cm³/mol. The van der Waals surface area contributed by atoms with Crippen LogP contribution in [-0.4, -0.2) is 41.3 Å². The first-order valence-electron chi connectivity index (χ1n) is 9.16. The standard InChI is InChI=1S/C22H24N2O2/c1-16-7-9-18(10-8-16)21(24-12-14-26-15-13-24)19-6-2-4-17-5-3-11-23-20(17)22(19)25/h2-3,5-11,21,25H,4,12-15H2,1H3. The highest BCUT2D eigenvalue weighted by atomic mass is 16.5. The second kappa shape index (κ2) is 7.44. The van der Waals surface area contributed by atoms with E-state index in [0.29, 0.717) is 5.69 Å². The lowest BCUT2D eigenvalue weighted by Crippen LogP contribution is -2.39. The minimum atomic E-state index is -0.0105. The van der Waals surface area contributed by atoms with Crippen LogP contribution in [-0.2, 0) is 11.2 Å². The summed E-state index contributed by atoms with van der Waals surface area (Å²) < 4.78 is 5.55. The van der Waals surface area contributed by atoms with Gasteiger partial charge >= 0.3 is 0 Å². The average Bonchev–Trinajstić information content (AvgIpc) is 2.84. The molecule has 1 unspecified atom stereocenters. The summed E-state index contributed by atoms with van der Waals surface area (Å²) in [6, 6.07) is 12.5. The Bertz CT molecular complexity index is 833. The third-order valence-electron chi connectivity index (χ3n) is 5.12. The Labute approximate surface area is 154 Å². The molecule has 2 heterocycles. The molecule has 2 aliphatic rings. The fourth-order valence-corrected chi connectivity index (χ4v) is 3.74. The number of aliphatic hydroxyl groups excluding tert-OH is 1. The average molecular weight is 348 g/mol. The Morgan fingerprint density at radius 3 is 2.65 bits per heavy atom. The zero-order valence-corrected chi connectivity index (χ0v) is 15.1. The summed E-state index contributed by atoms with van der Waals surface area (Å²) in [7, 11) is 0. The Hall–Kier alpha value is -2.43. The highest BCUT2D eigenvalue weighted by Crippen LogP contribution is 2.36. The normalized spacial score (nSPS) is 19.1. The van der Waals surface area contributed by atoms with Crippen molar-refractivity contribution in [1.29, 1.82) is 0 Å². The van der Waals surface area contributed by atoms with E-state index in [1.807, 2.05) is 12.1 Å². The second-order valence-corrected chi connectivity index (χ2v) is 6.88. The lowest BCUT2D eigenvalue weighted by atomic mass is 9.94. The van der Waals surface area contributed by atoms with E-state index in [-0.39, 0.29) is 11.8 Å². The lowest BCUT2D eigenvalue weighted by Gasteiger charge is -2.36. The van der Waals surface area contributed by atoms with E-state index >= 15 is 0 Å². The number of hydrogen-bond acceptors (Lipinski definition) is 4. The van der Waals surface area contributed by atoms with E-state index in [1.165, 1.54) is 11.1 Å². The molecule has 26 heavy (non-hydrogen) atoms. The molecule has 4 heteroatoms. The molecule has 1 fully saturated rings. The van der Waals surface area contributed by atoms with Gasteiger partial charge in [0, 0.05) is 24.9 Å². The summed E-state index contributed by atoms with van der Waals surface area (Å²) in [5.74, 6) is 0.284. The molecule has 1 N–H and O–H groups in total. The third-order valence-corrected chi connectivity index (χ3v) is 5.12. The molecule has 0 spiro atoms. The van der Waals surface area contributed by atoms with E-state index in [1.54, 1.807) is 6.20 Å². The molecular formula is C22H24N2O2. The molecule has 4 nitrogen and oxygen atoms in total. The number of allylic oxidation sites excluding steroid dienone is 1. The Morgan fingerprint density at radius 1 is 1.12 bits per heavy atom. The van der Waals surface area contributed by atoms with Gasteiger partial charge in [-0.05, 0) is 30.5 Å². The van der Waals surface area contributed by atoms with Crippen LogP contribution in [0, 0.1) is 6.92 Å². The molecule has 1 saturated heterocycles. The van der Waals surface area contributed by atoms with Gasteiger partial charge in [0.2, 0.25) is 0 Å². The van der Waals surface area contributed by atoms with Crippen LogP contribution < -0.4 is 0 Å². The quantitative estimate of drug-likeness (QED) is 0.915. The second-order valence-electron chi connectivity index (χ2n) is 6.88. The SMILES string of the molecule is Cc1ccc(C(C2=C(O)c3ncccc3CC=C2)N2CCOCC2)cc1. The molecule has 1 atom stereocenters. The van der Waals surface area contributed by atoms with Gasteiger partial charge in [0.25, 0.3) is 0 Å². The highest BCUT2D eigenvalue weighted by Gasteiger charge is 2.29. The smallest absolute Gasteiger partial charge is 0.146 e. The van der Waals surface area contributed by atoms with Crippen LogP contribution in [0.4, 0.5) is 0 Å². The summed E-state index contributed by atoms with van der Waals surface area (Å²) in [6.45, 7) is 5.22. The zero-order chi connectivity index (χ0) is 17.9. The number of fused-ring (bicyclic) bond motifs is 1. The van der Waals surface area contributed by atoms with E-state index < -0.39 is 0 Å². The molecule has 4 rings (SSSR count). The van der Waals surface area contributed by atoms with Gasteiger partial charge in [-0.25, -0.2) is 0 Å². The molecule has 2 aromatic rings. The topological polar surface area (TPSA) is 45.6 Å². The number of benzene rings is 1. The summed E-state index contributed by atoms with van der Waals surface area (Å²) >= 11 is 0. The molecular weight excluding hydrogens is 324 g/mol. The molecule has 1 aliphatic heterocycles. The Morgan fingerprint density at radius 2 is 1.88 bits per heavy atom. The van der Waals surface area contributed by atoms with Crippen LogP contribution in [0.5, 0.6) is 0 Å². The maximum absolute atomic E-state index is 11.1.